The molecule has 0 bridgehead atoms. The molecule has 0 saturated carbocycles. The van der Waals surface area contributed by atoms with Crippen LogP contribution in [0.3, 0.4) is 0 Å². The van der Waals surface area contributed by atoms with Gasteiger partial charge in [0.25, 0.3) is 0 Å². The summed E-state index contributed by atoms with van der Waals surface area (Å²) in [7, 11) is 0. The lowest BCUT2D eigenvalue weighted by atomic mass is 10.3. The van der Waals surface area contributed by atoms with Crippen LogP contribution in [0.25, 0.3) is 0 Å². The van der Waals surface area contributed by atoms with Crippen molar-refractivity contribution in [1.29, 1.82) is 0 Å². The molecule has 0 aliphatic heterocycles. The SMILES string of the molecule is Cc1noc(C)c1N=O. The lowest BCUT2D eigenvalue weighted by Gasteiger charge is -1.77. The van der Waals surface area contributed by atoms with E-state index >= 15 is 0 Å². The van der Waals surface area contributed by atoms with Gasteiger partial charge in [0.1, 0.15) is 5.69 Å². The van der Waals surface area contributed by atoms with Gasteiger partial charge in [0.05, 0.1) is 0 Å². The summed E-state index contributed by atoms with van der Waals surface area (Å²) in [4.78, 5) is 9.96. The second-order valence-corrected chi connectivity index (χ2v) is 1.76. The number of hydrogen-bond donors (Lipinski definition) is 0. The van der Waals surface area contributed by atoms with Gasteiger partial charge in [0.15, 0.2) is 11.4 Å². The Labute approximate surface area is 51.8 Å². The maximum atomic E-state index is 9.96. The molecule has 48 valence electrons. The number of nitrogens with zero attached hydrogens (tertiary/aromatic N) is 2. The summed E-state index contributed by atoms with van der Waals surface area (Å²) in [5.74, 6) is 0.475. The van der Waals surface area contributed by atoms with E-state index in [0.29, 0.717) is 17.1 Å². The molecular formula is C5H6N2O2. The van der Waals surface area contributed by atoms with Crippen LogP contribution in [-0.2, 0) is 0 Å². The third kappa shape index (κ3) is 0.826. The summed E-state index contributed by atoms with van der Waals surface area (Å²) < 4.78 is 4.64. The second kappa shape index (κ2) is 1.97. The van der Waals surface area contributed by atoms with Gasteiger partial charge in [-0.2, -0.15) is 0 Å². The zero-order chi connectivity index (χ0) is 6.85. The van der Waals surface area contributed by atoms with Gasteiger partial charge >= 0.3 is 0 Å². The number of hydrogen-bond acceptors (Lipinski definition) is 4. The molecule has 1 aromatic rings. The zero-order valence-corrected chi connectivity index (χ0v) is 5.21. The van der Waals surface area contributed by atoms with Gasteiger partial charge in [0, 0.05) is 0 Å². The van der Waals surface area contributed by atoms with Gasteiger partial charge in [-0.15, -0.1) is 4.91 Å². The van der Waals surface area contributed by atoms with Crippen LogP contribution < -0.4 is 0 Å². The Morgan fingerprint density at radius 3 is 2.44 bits per heavy atom. The molecule has 1 heterocycles. The molecule has 1 aromatic heterocycles. The molecule has 9 heavy (non-hydrogen) atoms. The van der Waals surface area contributed by atoms with E-state index in [4.69, 9.17) is 0 Å². The number of aromatic nitrogens is 1. The molecule has 0 saturated heterocycles. The first kappa shape index (κ1) is 5.94. The topological polar surface area (TPSA) is 55.5 Å². The molecule has 0 atom stereocenters. The van der Waals surface area contributed by atoms with Crippen molar-refractivity contribution in [2.24, 2.45) is 5.18 Å². The lowest BCUT2D eigenvalue weighted by Crippen LogP contribution is -1.66. The normalized spacial score (nSPS) is 9.56. The van der Waals surface area contributed by atoms with Gasteiger partial charge in [-0.3, -0.25) is 0 Å². The predicted molar refractivity (Wildman–Crippen MR) is 31.4 cm³/mol. The molecule has 1 rings (SSSR count). The van der Waals surface area contributed by atoms with Crippen molar-refractivity contribution >= 4 is 5.69 Å². The van der Waals surface area contributed by atoms with Crippen molar-refractivity contribution in [1.82, 2.24) is 5.16 Å². The van der Waals surface area contributed by atoms with Crippen LogP contribution in [0.4, 0.5) is 5.69 Å². The number of aryl methyl sites for hydroxylation is 2. The minimum atomic E-state index is 0.315. The summed E-state index contributed by atoms with van der Waals surface area (Å²) in [6.45, 7) is 3.32. The number of nitroso groups, excluding NO2 is 1. The van der Waals surface area contributed by atoms with E-state index in [0.717, 1.165) is 0 Å². The maximum absolute atomic E-state index is 9.96. The van der Waals surface area contributed by atoms with Gasteiger partial charge in [-0.25, -0.2) is 0 Å². The Bertz CT molecular complexity index is 209. The Morgan fingerprint density at radius 2 is 2.22 bits per heavy atom. The summed E-state index contributed by atoms with van der Waals surface area (Å²) in [6.07, 6.45) is 0. The molecule has 0 amide bonds. The third-order valence-electron chi connectivity index (χ3n) is 1.09. The average Bonchev–Trinajstić information content (AvgIpc) is 2.12. The fourth-order valence-electron chi connectivity index (χ4n) is 0.608. The maximum Gasteiger partial charge on any atom is 0.173 e. The Kier molecular flexibility index (Phi) is 1.30. The van der Waals surface area contributed by atoms with Crippen molar-refractivity contribution < 1.29 is 4.52 Å². The summed E-state index contributed by atoms with van der Waals surface area (Å²) in [6, 6.07) is 0. The molecule has 0 radical (unpaired) electrons. The second-order valence-electron chi connectivity index (χ2n) is 1.76. The van der Waals surface area contributed by atoms with Crippen molar-refractivity contribution in [3.8, 4) is 0 Å². The molecule has 0 spiro atoms. The Morgan fingerprint density at radius 1 is 1.56 bits per heavy atom. The fourth-order valence-corrected chi connectivity index (χ4v) is 0.608. The standard InChI is InChI=1S/C5H6N2O2/c1-3-5(6-8)4(2)9-7-3/h1-2H3. The van der Waals surface area contributed by atoms with Gasteiger partial charge < -0.3 is 4.52 Å². The highest BCUT2D eigenvalue weighted by molar-refractivity contribution is 5.43. The van der Waals surface area contributed by atoms with Crippen LogP contribution in [-0.4, -0.2) is 5.16 Å². The van der Waals surface area contributed by atoms with Crippen molar-refractivity contribution in [3.05, 3.63) is 16.4 Å². The highest BCUT2D eigenvalue weighted by Gasteiger charge is 2.07. The summed E-state index contributed by atoms with van der Waals surface area (Å²) in [5, 5.41) is 6.24. The molecule has 4 nitrogen and oxygen atoms in total. The highest BCUT2D eigenvalue weighted by Crippen LogP contribution is 2.20. The molecule has 0 aromatic carbocycles. The minimum absolute atomic E-state index is 0.315. The van der Waals surface area contributed by atoms with Crippen molar-refractivity contribution in [2.45, 2.75) is 13.8 Å². The van der Waals surface area contributed by atoms with E-state index in [1.807, 2.05) is 0 Å². The highest BCUT2D eigenvalue weighted by atomic mass is 16.5. The van der Waals surface area contributed by atoms with Crippen LogP contribution >= 0.6 is 0 Å². The van der Waals surface area contributed by atoms with Gasteiger partial charge in [0.2, 0.25) is 0 Å². The van der Waals surface area contributed by atoms with Crippen molar-refractivity contribution in [2.75, 3.05) is 0 Å². The smallest absolute Gasteiger partial charge is 0.173 e. The quantitative estimate of drug-likeness (QED) is 0.538. The summed E-state index contributed by atoms with van der Waals surface area (Å²) >= 11 is 0. The van der Waals surface area contributed by atoms with Crippen LogP contribution in [0.15, 0.2) is 9.70 Å². The Balaban J connectivity index is 3.22. The largest absolute Gasteiger partial charge is 0.359 e. The monoisotopic (exact) mass is 126 g/mol. The third-order valence-corrected chi connectivity index (χ3v) is 1.09. The first-order valence-corrected chi connectivity index (χ1v) is 2.52. The predicted octanol–water partition coefficient (Wildman–Crippen LogP) is 1.69. The van der Waals surface area contributed by atoms with Crippen LogP contribution in [0, 0.1) is 18.8 Å². The number of rotatable bonds is 1. The summed E-state index contributed by atoms with van der Waals surface area (Å²) in [5.41, 5.74) is 0.859. The van der Waals surface area contributed by atoms with E-state index in [-0.39, 0.29) is 0 Å². The lowest BCUT2D eigenvalue weighted by molar-refractivity contribution is 0.393. The van der Waals surface area contributed by atoms with Crippen LogP contribution in [0.2, 0.25) is 0 Å². The molecule has 0 fully saturated rings. The molecule has 0 aliphatic rings. The molecule has 0 unspecified atom stereocenters. The van der Waals surface area contributed by atoms with E-state index in [2.05, 4.69) is 14.9 Å². The first-order chi connectivity index (χ1) is 4.25. The van der Waals surface area contributed by atoms with E-state index < -0.39 is 0 Å². The van der Waals surface area contributed by atoms with E-state index in [1.54, 1.807) is 13.8 Å². The van der Waals surface area contributed by atoms with Crippen LogP contribution in [0.5, 0.6) is 0 Å². The zero-order valence-electron chi connectivity index (χ0n) is 5.21. The van der Waals surface area contributed by atoms with Gasteiger partial charge in [-0.05, 0) is 19.0 Å². The molecule has 4 heteroatoms. The minimum Gasteiger partial charge on any atom is -0.359 e. The first-order valence-electron chi connectivity index (χ1n) is 2.52. The Hall–Kier alpha value is -1.19. The molecule has 0 aliphatic carbocycles. The molecule has 0 N–H and O–H groups in total. The fraction of sp³-hybridized carbons (Fsp3) is 0.400. The van der Waals surface area contributed by atoms with E-state index in [9.17, 15) is 4.91 Å². The van der Waals surface area contributed by atoms with Crippen molar-refractivity contribution in [3.63, 3.8) is 0 Å². The average molecular weight is 126 g/mol. The van der Waals surface area contributed by atoms with Gasteiger partial charge in [-0.1, -0.05) is 5.16 Å². The van der Waals surface area contributed by atoms with E-state index in [1.165, 1.54) is 0 Å². The van der Waals surface area contributed by atoms with Crippen LogP contribution in [0.1, 0.15) is 11.5 Å². The molecular weight excluding hydrogens is 120 g/mol.